The quantitative estimate of drug-likeness (QED) is 0.789. The van der Waals surface area contributed by atoms with Gasteiger partial charge >= 0.3 is 0 Å². The highest BCUT2D eigenvalue weighted by Gasteiger charge is 2.32. The third kappa shape index (κ3) is 2.78. The lowest BCUT2D eigenvalue weighted by atomic mass is 9.86. The number of aromatic nitrogens is 4. The minimum atomic E-state index is 0.160. The van der Waals surface area contributed by atoms with Crippen LogP contribution in [0.25, 0.3) is 16.7 Å². The molecule has 7 heteroatoms. The van der Waals surface area contributed by atoms with E-state index in [1.54, 1.807) is 7.11 Å². The Morgan fingerprint density at radius 1 is 1.40 bits per heavy atom. The van der Waals surface area contributed by atoms with Crippen molar-refractivity contribution in [2.75, 3.05) is 26.8 Å². The van der Waals surface area contributed by atoms with E-state index in [0.29, 0.717) is 25.5 Å². The van der Waals surface area contributed by atoms with E-state index >= 15 is 0 Å². The Balaban J connectivity index is 1.69. The van der Waals surface area contributed by atoms with Crippen LogP contribution in [0.4, 0.5) is 0 Å². The molecule has 132 valence electrons. The van der Waals surface area contributed by atoms with Crippen LogP contribution in [-0.4, -0.2) is 57.0 Å². The molecule has 7 nitrogen and oxygen atoms in total. The van der Waals surface area contributed by atoms with E-state index < -0.39 is 0 Å². The highest BCUT2D eigenvalue weighted by molar-refractivity contribution is 5.77. The summed E-state index contributed by atoms with van der Waals surface area (Å²) in [5.41, 5.74) is 2.86. The number of hydrogen-bond donors (Lipinski definition) is 1. The van der Waals surface area contributed by atoms with Gasteiger partial charge < -0.3 is 14.6 Å². The monoisotopic (exact) mass is 341 g/mol. The SMILES string of the molecule is COCCC(=O)N1CCC(C)C(c2ncc3cnc4[nH]ccc4n23)C1. The Morgan fingerprint density at radius 2 is 2.24 bits per heavy atom. The van der Waals surface area contributed by atoms with Gasteiger partial charge in [-0.1, -0.05) is 6.92 Å². The van der Waals surface area contributed by atoms with Crippen LogP contribution in [0.2, 0.25) is 0 Å². The van der Waals surface area contributed by atoms with Crippen LogP contribution in [0, 0.1) is 5.92 Å². The van der Waals surface area contributed by atoms with Crippen molar-refractivity contribution in [1.29, 1.82) is 0 Å². The number of likely N-dealkylation sites (tertiary alicyclic amines) is 1. The maximum Gasteiger partial charge on any atom is 0.224 e. The molecule has 0 aliphatic carbocycles. The molecule has 0 bridgehead atoms. The first kappa shape index (κ1) is 16.1. The zero-order chi connectivity index (χ0) is 17.4. The second kappa shape index (κ2) is 6.48. The zero-order valence-corrected chi connectivity index (χ0v) is 14.6. The van der Waals surface area contributed by atoms with Gasteiger partial charge in [-0.25, -0.2) is 9.97 Å². The molecule has 1 N–H and O–H groups in total. The van der Waals surface area contributed by atoms with Crippen molar-refractivity contribution in [1.82, 2.24) is 24.3 Å². The van der Waals surface area contributed by atoms with Gasteiger partial charge in [0.1, 0.15) is 5.82 Å². The first-order valence-corrected chi connectivity index (χ1v) is 8.75. The van der Waals surface area contributed by atoms with Crippen molar-refractivity contribution in [3.05, 3.63) is 30.5 Å². The fraction of sp³-hybridized carbons (Fsp3) is 0.500. The Labute approximate surface area is 146 Å². The molecule has 1 fully saturated rings. The topological polar surface area (TPSA) is 75.5 Å². The average Bonchev–Trinajstić information content (AvgIpc) is 3.25. The maximum absolute atomic E-state index is 12.4. The molecule has 25 heavy (non-hydrogen) atoms. The lowest BCUT2D eigenvalue weighted by Gasteiger charge is -2.36. The van der Waals surface area contributed by atoms with Crippen molar-refractivity contribution in [3.63, 3.8) is 0 Å². The number of piperidine rings is 1. The Morgan fingerprint density at radius 3 is 3.08 bits per heavy atom. The predicted octanol–water partition coefficient (Wildman–Crippen LogP) is 2.20. The van der Waals surface area contributed by atoms with Crippen LogP contribution in [-0.2, 0) is 9.53 Å². The van der Waals surface area contributed by atoms with Crippen molar-refractivity contribution >= 4 is 22.6 Å². The van der Waals surface area contributed by atoms with Crippen LogP contribution in [0.1, 0.15) is 31.5 Å². The largest absolute Gasteiger partial charge is 0.384 e. The minimum Gasteiger partial charge on any atom is -0.384 e. The van der Waals surface area contributed by atoms with Crippen LogP contribution < -0.4 is 0 Å². The standard InChI is InChI=1S/C18H23N5O2/c1-12-4-7-22(16(24)5-8-25-2)11-14(12)18-21-10-13-9-20-17-15(23(13)18)3-6-19-17/h3,6,9-10,12,14,19H,4-5,7-8,11H2,1-2H3. The normalized spacial score (nSPS) is 21.3. The van der Waals surface area contributed by atoms with Gasteiger partial charge in [-0.15, -0.1) is 0 Å². The highest BCUT2D eigenvalue weighted by atomic mass is 16.5. The number of H-pyrrole nitrogens is 1. The summed E-state index contributed by atoms with van der Waals surface area (Å²) in [6, 6.07) is 2.02. The van der Waals surface area contributed by atoms with E-state index in [9.17, 15) is 4.79 Å². The molecule has 0 saturated carbocycles. The smallest absolute Gasteiger partial charge is 0.224 e. The lowest BCUT2D eigenvalue weighted by molar-refractivity contribution is -0.133. The van der Waals surface area contributed by atoms with Gasteiger partial charge in [-0.3, -0.25) is 9.20 Å². The third-order valence-corrected chi connectivity index (χ3v) is 5.25. The molecule has 2 unspecified atom stereocenters. The molecule has 3 aromatic rings. The Kier molecular flexibility index (Phi) is 4.17. The summed E-state index contributed by atoms with van der Waals surface area (Å²) in [7, 11) is 1.63. The number of imidazole rings is 1. The summed E-state index contributed by atoms with van der Waals surface area (Å²) in [5, 5.41) is 0. The zero-order valence-electron chi connectivity index (χ0n) is 14.6. The molecular formula is C18H23N5O2. The average molecular weight is 341 g/mol. The summed E-state index contributed by atoms with van der Waals surface area (Å²) >= 11 is 0. The molecule has 0 spiro atoms. The number of nitrogens with one attached hydrogen (secondary N) is 1. The van der Waals surface area contributed by atoms with E-state index in [2.05, 4.69) is 21.3 Å². The van der Waals surface area contributed by atoms with Crippen LogP contribution in [0.5, 0.6) is 0 Å². The summed E-state index contributed by atoms with van der Waals surface area (Å²) in [6.07, 6.45) is 7.02. The molecule has 0 radical (unpaired) electrons. The second-order valence-electron chi connectivity index (χ2n) is 6.80. The molecule has 1 aliphatic rings. The van der Waals surface area contributed by atoms with Gasteiger partial charge in [0.15, 0.2) is 5.65 Å². The van der Waals surface area contributed by atoms with Gasteiger partial charge in [0.05, 0.1) is 36.5 Å². The number of carbonyl (C=O) groups excluding carboxylic acids is 1. The number of nitrogens with zero attached hydrogens (tertiary/aromatic N) is 4. The molecule has 3 aromatic heterocycles. The highest BCUT2D eigenvalue weighted by Crippen LogP contribution is 2.33. The number of fused-ring (bicyclic) bond motifs is 3. The van der Waals surface area contributed by atoms with Gasteiger partial charge in [-0.2, -0.15) is 0 Å². The van der Waals surface area contributed by atoms with Crippen molar-refractivity contribution in [2.24, 2.45) is 5.92 Å². The molecule has 4 rings (SSSR count). The van der Waals surface area contributed by atoms with E-state index in [1.807, 2.05) is 29.6 Å². The second-order valence-corrected chi connectivity index (χ2v) is 6.80. The van der Waals surface area contributed by atoms with Crippen LogP contribution >= 0.6 is 0 Å². The van der Waals surface area contributed by atoms with Crippen molar-refractivity contribution in [3.8, 4) is 0 Å². The van der Waals surface area contributed by atoms with Crippen molar-refractivity contribution in [2.45, 2.75) is 25.7 Å². The number of ether oxygens (including phenoxy) is 1. The number of aromatic amines is 1. The molecule has 1 aliphatic heterocycles. The predicted molar refractivity (Wildman–Crippen MR) is 94.4 cm³/mol. The fourth-order valence-electron chi connectivity index (χ4n) is 3.74. The van der Waals surface area contributed by atoms with Crippen LogP contribution in [0.15, 0.2) is 24.7 Å². The Bertz CT molecular complexity index is 899. The van der Waals surface area contributed by atoms with Gasteiger partial charge in [-0.05, 0) is 18.4 Å². The van der Waals surface area contributed by atoms with E-state index in [-0.39, 0.29) is 11.8 Å². The molecule has 2 atom stereocenters. The van der Waals surface area contributed by atoms with Crippen LogP contribution in [0.3, 0.4) is 0 Å². The van der Waals surface area contributed by atoms with Crippen molar-refractivity contribution < 1.29 is 9.53 Å². The number of hydrogen-bond acceptors (Lipinski definition) is 4. The molecule has 4 heterocycles. The minimum absolute atomic E-state index is 0.160. The van der Waals surface area contributed by atoms with E-state index in [1.165, 1.54) is 0 Å². The number of rotatable bonds is 4. The first-order chi connectivity index (χ1) is 12.2. The molecule has 1 saturated heterocycles. The number of amides is 1. The number of methoxy groups -OCH3 is 1. The maximum atomic E-state index is 12.4. The first-order valence-electron chi connectivity index (χ1n) is 8.75. The van der Waals surface area contributed by atoms with Gasteiger partial charge in [0.25, 0.3) is 0 Å². The third-order valence-electron chi connectivity index (χ3n) is 5.25. The van der Waals surface area contributed by atoms with Gasteiger partial charge in [0, 0.05) is 32.3 Å². The number of carbonyl (C=O) groups is 1. The Hall–Kier alpha value is -2.41. The lowest BCUT2D eigenvalue weighted by Crippen LogP contribution is -2.43. The molecule has 0 aromatic carbocycles. The van der Waals surface area contributed by atoms with E-state index in [0.717, 1.165) is 35.5 Å². The van der Waals surface area contributed by atoms with E-state index in [4.69, 9.17) is 9.72 Å². The molecule has 1 amide bonds. The molecular weight excluding hydrogens is 318 g/mol. The summed E-state index contributed by atoms with van der Waals surface area (Å²) in [5.74, 6) is 1.86. The van der Waals surface area contributed by atoms with Gasteiger partial charge in [0.2, 0.25) is 5.91 Å². The summed E-state index contributed by atoms with van der Waals surface area (Å²) < 4.78 is 7.22. The summed E-state index contributed by atoms with van der Waals surface area (Å²) in [6.45, 7) is 4.23. The fourth-order valence-corrected chi connectivity index (χ4v) is 3.74. The summed E-state index contributed by atoms with van der Waals surface area (Å²) in [4.78, 5) is 26.7.